The second-order valence-corrected chi connectivity index (χ2v) is 1.83. The van der Waals surface area contributed by atoms with Crippen molar-refractivity contribution in [3.05, 3.63) is 0 Å². The topological polar surface area (TPSA) is 126 Å². The summed E-state index contributed by atoms with van der Waals surface area (Å²) >= 11 is 0. The molecule has 0 radical (unpaired) electrons. The van der Waals surface area contributed by atoms with Crippen molar-refractivity contribution < 1.29 is 105 Å². The van der Waals surface area contributed by atoms with Crippen LogP contribution >= 0.6 is 7.82 Å². The first-order chi connectivity index (χ1) is 3.73. The molecule has 0 heterocycles. The van der Waals surface area contributed by atoms with Gasteiger partial charge < -0.3 is 29.1 Å². The van der Waals surface area contributed by atoms with Crippen LogP contribution < -0.4 is 78.9 Å². The van der Waals surface area contributed by atoms with Crippen LogP contribution in [0.2, 0.25) is 0 Å². The zero-order chi connectivity index (χ0) is 8.08. The number of carboxylic acids is 1. The van der Waals surface area contributed by atoms with E-state index in [-0.39, 0.29) is 76.2 Å². The third-order valence-electron chi connectivity index (χ3n) is 0. The zero-order valence-electron chi connectivity index (χ0n) is 6.75. The molecule has 12 heavy (non-hydrogen) atoms. The number of carbonyl (C=O) groups is 1. The van der Waals surface area contributed by atoms with E-state index < -0.39 is 13.8 Å². The molecule has 0 aliphatic rings. The van der Waals surface area contributed by atoms with Crippen molar-refractivity contribution in [3.63, 3.8) is 0 Å². The van der Waals surface area contributed by atoms with Gasteiger partial charge in [-0.05, 0) is 6.92 Å². The van der Waals surface area contributed by atoms with Crippen molar-refractivity contribution in [1.29, 1.82) is 0 Å². The van der Waals surface area contributed by atoms with Crippen molar-refractivity contribution in [3.8, 4) is 0 Å². The van der Waals surface area contributed by atoms with Gasteiger partial charge in [0.1, 0.15) is 0 Å². The van der Waals surface area contributed by atoms with Crippen LogP contribution in [-0.4, -0.2) is 5.97 Å². The molecule has 0 saturated carbocycles. The number of carbonyl (C=O) groups excluding carboxylic acids is 1. The quantitative estimate of drug-likeness (QED) is 0.312. The number of hydrogen-bond donors (Lipinski definition) is 0. The van der Waals surface area contributed by atoms with E-state index in [0.29, 0.717) is 0 Å². The van der Waals surface area contributed by atoms with Gasteiger partial charge >= 0.3 is 76.2 Å². The summed E-state index contributed by atoms with van der Waals surface area (Å²) in [6.45, 7) is 0.972. The largest absolute Gasteiger partial charge is 2.00 e. The fourth-order valence-electron chi connectivity index (χ4n) is 0. The van der Waals surface area contributed by atoms with Crippen molar-refractivity contribution >= 4 is 13.8 Å². The third-order valence-corrected chi connectivity index (χ3v) is 0. The Morgan fingerprint density at radius 1 is 1.17 bits per heavy atom. The third kappa shape index (κ3) is 338. The van der Waals surface area contributed by atoms with Gasteiger partial charge in [0.15, 0.2) is 0 Å². The Morgan fingerprint density at radius 2 is 1.17 bits per heavy atom. The van der Waals surface area contributed by atoms with E-state index in [1.807, 2.05) is 0 Å². The molecule has 0 unspecified atom stereocenters. The molecule has 0 aromatic heterocycles. The standard InChI is InChI=1S/C2H4O2.Fe.2Na.H3O4P/c1-2(3)4;;;;1-5(2,3)4/h1H3,(H,3,4);;;;(H3,1,2,3,4)/q;+2;2*+1;/p-4. The molecule has 0 amide bonds. The Balaban J connectivity index is -0.0000000221. The molecule has 0 saturated heterocycles. The predicted molar refractivity (Wildman–Crippen MR) is 18.3 cm³/mol. The molecule has 0 aliphatic heterocycles. The fourth-order valence-corrected chi connectivity index (χ4v) is 0. The normalized spacial score (nSPS) is 7.00. The minimum Gasteiger partial charge on any atom is -0.822 e. The minimum absolute atomic E-state index is 0. The van der Waals surface area contributed by atoms with Gasteiger partial charge in [0, 0.05) is 5.97 Å². The van der Waals surface area contributed by atoms with E-state index in [9.17, 15) is 0 Å². The molecule has 6 nitrogen and oxygen atoms in total. The number of carboxylic acid groups (broad SMARTS) is 1. The fraction of sp³-hybridized carbons (Fsp3) is 0.500. The van der Waals surface area contributed by atoms with Gasteiger partial charge in [0.25, 0.3) is 0 Å². The second kappa shape index (κ2) is 15.6. The SMILES string of the molecule is CC(=O)[O-].O=P([O-])([O-])[O-].[Fe+2].[Na+].[Na+]. The van der Waals surface area contributed by atoms with Gasteiger partial charge in [-0.1, -0.05) is 0 Å². The van der Waals surface area contributed by atoms with Crippen LogP contribution in [0.15, 0.2) is 0 Å². The second-order valence-electron chi connectivity index (χ2n) is 0.939. The monoisotopic (exact) mass is 256 g/mol. The molecule has 0 N–H and O–H groups in total. The van der Waals surface area contributed by atoms with Crippen LogP contribution in [0, 0.1) is 0 Å². The van der Waals surface area contributed by atoms with E-state index in [0.717, 1.165) is 6.92 Å². The Hall–Kier alpha value is 2.10. The molecule has 0 fully saturated rings. The van der Waals surface area contributed by atoms with Crippen LogP contribution in [0.3, 0.4) is 0 Å². The summed E-state index contributed by atoms with van der Waals surface area (Å²) in [5.41, 5.74) is 0. The first-order valence-electron chi connectivity index (χ1n) is 1.64. The Bertz CT molecular complexity index is 123. The average Bonchev–Trinajstić information content (AvgIpc) is 1.19. The predicted octanol–water partition coefficient (Wildman–Crippen LogP) is -10.1. The van der Waals surface area contributed by atoms with Crippen LogP contribution in [0.1, 0.15) is 6.92 Å². The van der Waals surface area contributed by atoms with Crippen molar-refractivity contribution in [2.75, 3.05) is 0 Å². The number of rotatable bonds is 0. The van der Waals surface area contributed by atoms with E-state index in [1.165, 1.54) is 0 Å². The summed E-state index contributed by atoms with van der Waals surface area (Å²) in [6, 6.07) is 0. The molecule has 0 aromatic carbocycles. The maximum absolute atomic E-state index is 8.89. The molecule has 0 aromatic rings. The molecule has 0 rings (SSSR count). The van der Waals surface area contributed by atoms with E-state index in [2.05, 4.69) is 0 Å². The first kappa shape index (κ1) is 29.2. The molecular weight excluding hydrogens is 253 g/mol. The summed E-state index contributed by atoms with van der Waals surface area (Å²) in [7, 11) is -5.39. The molecule has 10 heteroatoms. The number of aliphatic carboxylic acids is 1. The summed E-state index contributed by atoms with van der Waals surface area (Å²) in [5, 5.41) is 8.89. The Morgan fingerprint density at radius 3 is 1.17 bits per heavy atom. The number of hydrogen-bond acceptors (Lipinski definition) is 6. The summed E-state index contributed by atoms with van der Waals surface area (Å²) < 4.78 is 8.55. The van der Waals surface area contributed by atoms with Gasteiger partial charge in [-0.15, -0.1) is 0 Å². The Kier molecular flexibility index (Phi) is 37.9. The average molecular weight is 256 g/mol. The van der Waals surface area contributed by atoms with Crippen molar-refractivity contribution in [2.45, 2.75) is 6.92 Å². The minimum atomic E-state index is -5.39. The van der Waals surface area contributed by atoms with Gasteiger partial charge in [-0.2, -0.15) is 7.82 Å². The summed E-state index contributed by atoms with van der Waals surface area (Å²) in [5.74, 6) is -1.08. The van der Waals surface area contributed by atoms with Gasteiger partial charge in [0.2, 0.25) is 0 Å². The van der Waals surface area contributed by atoms with E-state index >= 15 is 0 Å². The summed E-state index contributed by atoms with van der Waals surface area (Å²) in [4.78, 5) is 34.5. The maximum atomic E-state index is 8.89. The maximum Gasteiger partial charge on any atom is 2.00 e. The zero-order valence-corrected chi connectivity index (χ0v) is 12.7. The van der Waals surface area contributed by atoms with Crippen LogP contribution in [0.4, 0.5) is 0 Å². The summed E-state index contributed by atoms with van der Waals surface area (Å²) in [6.07, 6.45) is 0. The molecule has 0 aliphatic carbocycles. The van der Waals surface area contributed by atoms with Crippen LogP contribution in [0.5, 0.6) is 0 Å². The molecular formula is C2H3FeNa2O6P. The van der Waals surface area contributed by atoms with E-state index in [4.69, 9.17) is 29.1 Å². The van der Waals surface area contributed by atoms with Crippen molar-refractivity contribution in [2.24, 2.45) is 0 Å². The molecule has 0 atom stereocenters. The molecule has 0 bridgehead atoms. The smallest absolute Gasteiger partial charge is 0.822 e. The molecule has 62 valence electrons. The molecule has 0 spiro atoms. The van der Waals surface area contributed by atoms with E-state index in [1.54, 1.807) is 0 Å². The van der Waals surface area contributed by atoms with Gasteiger partial charge in [0.05, 0.1) is 0 Å². The van der Waals surface area contributed by atoms with Gasteiger partial charge in [-0.3, -0.25) is 0 Å². The first-order valence-corrected chi connectivity index (χ1v) is 3.10. The Labute approximate surface area is 124 Å². The number of phosphoric acid groups is 1. The van der Waals surface area contributed by atoms with Crippen molar-refractivity contribution in [1.82, 2.24) is 0 Å². The van der Waals surface area contributed by atoms with Crippen LogP contribution in [0.25, 0.3) is 0 Å². The van der Waals surface area contributed by atoms with Gasteiger partial charge in [-0.25, -0.2) is 0 Å². The van der Waals surface area contributed by atoms with Crippen LogP contribution in [-0.2, 0) is 26.4 Å².